The number of aliphatic hydroxyl groups excluding tert-OH is 6. The van der Waals surface area contributed by atoms with E-state index in [0.29, 0.717) is 5.56 Å². The van der Waals surface area contributed by atoms with Gasteiger partial charge in [0.2, 0.25) is 0 Å². The van der Waals surface area contributed by atoms with Gasteiger partial charge >= 0.3 is 12.4 Å². The average Bonchev–Trinajstić information content (AvgIpc) is 2.85. The van der Waals surface area contributed by atoms with Crippen LogP contribution in [0.1, 0.15) is 35.6 Å². The number of aliphatic hydroxyl groups is 6. The summed E-state index contributed by atoms with van der Waals surface area (Å²) >= 11 is 0. The summed E-state index contributed by atoms with van der Waals surface area (Å²) in [6.45, 7) is 0.696. The third-order valence-electron chi connectivity index (χ3n) is 6.41. The normalized spacial score (nSPS) is 18.3. The van der Waals surface area contributed by atoms with Gasteiger partial charge in [0.25, 0.3) is 0 Å². The Morgan fingerprint density at radius 2 is 1.11 bits per heavy atom. The van der Waals surface area contributed by atoms with Crippen molar-refractivity contribution in [3.05, 3.63) is 70.8 Å². The van der Waals surface area contributed by atoms with Gasteiger partial charge in [0, 0.05) is 0 Å². The van der Waals surface area contributed by atoms with Crippen LogP contribution in [0.25, 0.3) is 0 Å². The molecule has 7 atom stereocenters. The number of alkyl halides is 6. The number of rotatable bonds is 12. The molecule has 214 valence electrons. The molecule has 2 aromatic rings. The number of hydrogen-bond donors (Lipinski definition) is 6. The Morgan fingerprint density at radius 1 is 0.658 bits per heavy atom. The van der Waals surface area contributed by atoms with E-state index in [0.717, 1.165) is 24.3 Å². The summed E-state index contributed by atoms with van der Waals surface area (Å²) in [5, 5.41) is 60.0. The Hall–Kier alpha value is -2.22. The minimum atomic E-state index is -4.64. The van der Waals surface area contributed by atoms with Gasteiger partial charge in [0.15, 0.2) is 0 Å². The third-order valence-corrected chi connectivity index (χ3v) is 6.41. The van der Waals surface area contributed by atoms with Crippen molar-refractivity contribution in [2.45, 2.75) is 69.1 Å². The lowest BCUT2D eigenvalue weighted by molar-refractivity contribution is -0.149. The molecular weight excluding hydrogens is 522 g/mol. The summed E-state index contributed by atoms with van der Waals surface area (Å²) in [4.78, 5) is 0. The average molecular weight is 555 g/mol. The van der Waals surface area contributed by atoms with E-state index in [1.807, 2.05) is 0 Å². The molecule has 0 aliphatic heterocycles. The van der Waals surface area contributed by atoms with E-state index >= 15 is 0 Å². The van der Waals surface area contributed by atoms with Crippen LogP contribution in [-0.2, 0) is 25.2 Å². The Labute approximate surface area is 215 Å². The molecule has 0 saturated heterocycles. The van der Waals surface area contributed by atoms with Gasteiger partial charge in [-0.15, -0.1) is 0 Å². The second kappa shape index (κ2) is 13.2. The standard InChI is InChI=1S/C26H32F6O6/c1-14(8-15-4-2-6-18(11-15)25(27,28)29)9-17(10-16-5-3-7-19(12-16)26(30,31)32)21(35)23(37)24(38)22(36)20(34)13-33/h2-7,11-12,14,17,20-24,33-38H,8-10,13H2,1H3/t14?,17?,20-,21?,22+,23+,24-/m0/s1. The van der Waals surface area contributed by atoms with Crippen LogP contribution in [0.2, 0.25) is 0 Å². The van der Waals surface area contributed by atoms with Gasteiger partial charge in [-0.1, -0.05) is 43.3 Å². The van der Waals surface area contributed by atoms with Gasteiger partial charge in [-0.2, -0.15) is 26.3 Å². The fourth-order valence-electron chi connectivity index (χ4n) is 4.42. The molecule has 0 amide bonds. The zero-order valence-corrected chi connectivity index (χ0v) is 20.4. The Balaban J connectivity index is 2.30. The Morgan fingerprint density at radius 3 is 1.55 bits per heavy atom. The number of halogens is 6. The lowest BCUT2D eigenvalue weighted by Crippen LogP contribution is -2.52. The zero-order chi connectivity index (χ0) is 28.8. The molecule has 12 heteroatoms. The van der Waals surface area contributed by atoms with Crippen LogP contribution in [0, 0.1) is 11.8 Å². The number of benzene rings is 2. The van der Waals surface area contributed by atoms with Gasteiger partial charge in [-0.3, -0.25) is 0 Å². The predicted molar refractivity (Wildman–Crippen MR) is 125 cm³/mol. The summed E-state index contributed by atoms with van der Waals surface area (Å²) in [6.07, 6.45) is -19.2. The lowest BCUT2D eigenvalue weighted by atomic mass is 9.80. The van der Waals surface area contributed by atoms with Crippen molar-refractivity contribution < 1.29 is 57.0 Å². The highest BCUT2D eigenvalue weighted by atomic mass is 19.4. The fraction of sp³-hybridized carbons (Fsp3) is 0.538. The van der Waals surface area contributed by atoms with Crippen molar-refractivity contribution in [1.29, 1.82) is 0 Å². The maximum atomic E-state index is 13.2. The maximum Gasteiger partial charge on any atom is 0.416 e. The van der Waals surface area contributed by atoms with Gasteiger partial charge in [-0.25, -0.2) is 0 Å². The first-order valence-corrected chi connectivity index (χ1v) is 11.9. The summed E-state index contributed by atoms with van der Waals surface area (Å²) in [5.41, 5.74) is -1.31. The quantitative estimate of drug-likeness (QED) is 0.225. The van der Waals surface area contributed by atoms with Crippen LogP contribution in [-0.4, -0.2) is 67.8 Å². The minimum Gasteiger partial charge on any atom is -0.394 e. The van der Waals surface area contributed by atoms with E-state index in [4.69, 9.17) is 5.11 Å². The smallest absolute Gasteiger partial charge is 0.394 e. The topological polar surface area (TPSA) is 121 Å². The molecule has 2 rings (SSSR count). The van der Waals surface area contributed by atoms with Crippen LogP contribution in [0.3, 0.4) is 0 Å². The van der Waals surface area contributed by atoms with Crippen molar-refractivity contribution in [1.82, 2.24) is 0 Å². The summed E-state index contributed by atoms with van der Waals surface area (Å²) < 4.78 is 78.8. The highest BCUT2D eigenvalue weighted by Crippen LogP contribution is 2.33. The van der Waals surface area contributed by atoms with Crippen LogP contribution in [0.5, 0.6) is 0 Å². The van der Waals surface area contributed by atoms with E-state index < -0.39 is 72.4 Å². The maximum absolute atomic E-state index is 13.2. The molecular formula is C26H32F6O6. The van der Waals surface area contributed by atoms with E-state index in [2.05, 4.69) is 0 Å². The summed E-state index contributed by atoms with van der Waals surface area (Å²) in [5.74, 6) is -1.44. The van der Waals surface area contributed by atoms with E-state index in [1.54, 1.807) is 6.92 Å². The molecule has 2 aromatic carbocycles. The van der Waals surface area contributed by atoms with Crippen molar-refractivity contribution >= 4 is 0 Å². The van der Waals surface area contributed by atoms with Crippen molar-refractivity contribution in [2.24, 2.45) is 11.8 Å². The molecule has 0 aliphatic carbocycles. The molecule has 0 spiro atoms. The molecule has 0 bridgehead atoms. The first-order chi connectivity index (χ1) is 17.5. The monoisotopic (exact) mass is 554 g/mol. The summed E-state index contributed by atoms with van der Waals surface area (Å²) in [7, 11) is 0. The molecule has 0 fully saturated rings. The van der Waals surface area contributed by atoms with Gasteiger partial charge in [0.1, 0.15) is 24.4 Å². The Bertz CT molecular complexity index is 1010. The Kier molecular flexibility index (Phi) is 11.1. The molecule has 3 unspecified atom stereocenters. The van der Waals surface area contributed by atoms with Crippen LogP contribution in [0.4, 0.5) is 26.3 Å². The van der Waals surface area contributed by atoms with Crippen molar-refractivity contribution in [2.75, 3.05) is 6.61 Å². The largest absolute Gasteiger partial charge is 0.416 e. The molecule has 0 aliphatic rings. The van der Waals surface area contributed by atoms with Crippen LogP contribution < -0.4 is 0 Å². The lowest BCUT2D eigenvalue weighted by Gasteiger charge is -2.34. The van der Waals surface area contributed by atoms with Gasteiger partial charge < -0.3 is 30.6 Å². The second-order valence-corrected chi connectivity index (χ2v) is 9.62. The van der Waals surface area contributed by atoms with Gasteiger partial charge in [-0.05, 0) is 54.4 Å². The number of hydrogen-bond acceptors (Lipinski definition) is 6. The second-order valence-electron chi connectivity index (χ2n) is 9.62. The van der Waals surface area contributed by atoms with Crippen LogP contribution >= 0.6 is 0 Å². The summed E-state index contributed by atoms with van der Waals surface area (Å²) in [6, 6.07) is 8.88. The minimum absolute atomic E-state index is 0.0100. The molecule has 0 aromatic heterocycles. The first-order valence-electron chi connectivity index (χ1n) is 11.9. The zero-order valence-electron chi connectivity index (χ0n) is 20.4. The molecule has 6 nitrogen and oxygen atoms in total. The predicted octanol–water partition coefficient (Wildman–Crippen LogP) is 2.95. The van der Waals surface area contributed by atoms with Crippen molar-refractivity contribution in [3.63, 3.8) is 0 Å². The highest BCUT2D eigenvalue weighted by Gasteiger charge is 2.38. The molecule has 0 heterocycles. The first kappa shape index (κ1) is 32.0. The SMILES string of the molecule is CC(Cc1cccc(C(F)(F)F)c1)CC(Cc1cccc(C(F)(F)F)c1)C(O)[C@@H](O)[C@@H](O)[C@H](O)[C@@H](O)CO. The highest BCUT2D eigenvalue weighted by molar-refractivity contribution is 5.27. The molecule has 38 heavy (non-hydrogen) atoms. The van der Waals surface area contributed by atoms with E-state index in [1.165, 1.54) is 24.3 Å². The molecule has 6 N–H and O–H groups in total. The molecule has 0 saturated carbocycles. The van der Waals surface area contributed by atoms with E-state index in [9.17, 15) is 51.9 Å². The van der Waals surface area contributed by atoms with Crippen LogP contribution in [0.15, 0.2) is 48.5 Å². The van der Waals surface area contributed by atoms with E-state index in [-0.39, 0.29) is 24.8 Å². The third kappa shape index (κ3) is 8.92. The molecule has 0 radical (unpaired) electrons. The van der Waals surface area contributed by atoms with Gasteiger partial charge in [0.05, 0.1) is 23.8 Å². The van der Waals surface area contributed by atoms with Crippen molar-refractivity contribution in [3.8, 4) is 0 Å². The fourth-order valence-corrected chi connectivity index (χ4v) is 4.42.